The maximum Gasteiger partial charge on any atom is 0.169 e. The lowest BCUT2D eigenvalue weighted by atomic mass is 10.1. The molecule has 0 fully saturated rings. The van der Waals surface area contributed by atoms with E-state index in [1.54, 1.807) is 0 Å². The van der Waals surface area contributed by atoms with Crippen molar-refractivity contribution in [1.82, 2.24) is 0 Å². The molecule has 0 heterocycles. The van der Waals surface area contributed by atoms with Gasteiger partial charge in [0, 0.05) is 5.88 Å². The highest BCUT2D eigenvalue weighted by molar-refractivity contribution is 6.17. The van der Waals surface area contributed by atoms with E-state index < -0.39 is 0 Å². The van der Waals surface area contributed by atoms with Crippen molar-refractivity contribution in [1.29, 1.82) is 0 Å². The molecule has 2 aromatic carbocycles. The summed E-state index contributed by atoms with van der Waals surface area (Å²) in [5, 5.41) is 0. The lowest BCUT2D eigenvalue weighted by Crippen LogP contribution is -1.95. The van der Waals surface area contributed by atoms with Gasteiger partial charge in [0.2, 0.25) is 0 Å². The minimum Gasteiger partial charge on any atom is -0.490 e. The zero-order chi connectivity index (χ0) is 13.7. The summed E-state index contributed by atoms with van der Waals surface area (Å²) in [6, 6.07) is 13.6. The Bertz CT molecular complexity index is 552. The highest BCUT2D eigenvalue weighted by Crippen LogP contribution is 2.33. The lowest BCUT2D eigenvalue weighted by molar-refractivity contribution is 0.321. The topological polar surface area (TPSA) is 18.5 Å². The Morgan fingerprint density at radius 3 is 2.37 bits per heavy atom. The first-order valence-electron chi connectivity index (χ1n) is 6.29. The molecule has 0 aliphatic carbocycles. The monoisotopic (exact) mass is 276 g/mol. The standard InChI is InChI=1S/C16H17ClO2/c1-3-18-15-6-4-5-7-16(15)19-14-9-8-13(11-17)10-12(14)2/h4-10H,3,11H2,1-2H3. The molecule has 2 nitrogen and oxygen atoms in total. The van der Waals surface area contributed by atoms with Crippen molar-refractivity contribution in [2.45, 2.75) is 19.7 Å². The Morgan fingerprint density at radius 2 is 1.74 bits per heavy atom. The van der Waals surface area contributed by atoms with Crippen LogP contribution in [-0.2, 0) is 5.88 Å². The quantitative estimate of drug-likeness (QED) is 0.721. The van der Waals surface area contributed by atoms with E-state index in [4.69, 9.17) is 21.1 Å². The number of para-hydroxylation sites is 2. The SMILES string of the molecule is CCOc1ccccc1Oc1ccc(CCl)cc1C. The largest absolute Gasteiger partial charge is 0.490 e. The summed E-state index contributed by atoms with van der Waals surface area (Å²) in [5.41, 5.74) is 2.15. The lowest BCUT2D eigenvalue weighted by Gasteiger charge is -2.13. The van der Waals surface area contributed by atoms with Crippen LogP contribution < -0.4 is 9.47 Å². The first kappa shape index (κ1) is 13.8. The molecule has 0 unspecified atom stereocenters. The van der Waals surface area contributed by atoms with Crippen LogP contribution in [0.15, 0.2) is 42.5 Å². The van der Waals surface area contributed by atoms with Gasteiger partial charge in [-0.1, -0.05) is 24.3 Å². The fraction of sp³-hybridized carbons (Fsp3) is 0.250. The number of halogens is 1. The zero-order valence-electron chi connectivity index (χ0n) is 11.2. The Labute approximate surface area is 118 Å². The van der Waals surface area contributed by atoms with Gasteiger partial charge in [0.1, 0.15) is 5.75 Å². The molecule has 0 amide bonds. The molecule has 100 valence electrons. The van der Waals surface area contributed by atoms with Crippen molar-refractivity contribution in [3.05, 3.63) is 53.6 Å². The fourth-order valence-corrected chi connectivity index (χ4v) is 2.00. The second kappa shape index (κ2) is 6.48. The first-order valence-corrected chi connectivity index (χ1v) is 6.83. The van der Waals surface area contributed by atoms with Crippen LogP contribution in [0, 0.1) is 6.92 Å². The number of aryl methyl sites for hydroxylation is 1. The van der Waals surface area contributed by atoms with Crippen molar-refractivity contribution in [2.75, 3.05) is 6.61 Å². The number of hydrogen-bond donors (Lipinski definition) is 0. The van der Waals surface area contributed by atoms with Crippen molar-refractivity contribution >= 4 is 11.6 Å². The summed E-state index contributed by atoms with van der Waals surface area (Å²) in [4.78, 5) is 0. The molecule has 0 bridgehead atoms. The third-order valence-corrected chi connectivity index (χ3v) is 3.07. The molecule has 0 atom stereocenters. The number of ether oxygens (including phenoxy) is 2. The third kappa shape index (κ3) is 3.42. The molecule has 3 heteroatoms. The smallest absolute Gasteiger partial charge is 0.169 e. The number of benzene rings is 2. The average molecular weight is 277 g/mol. The molecule has 0 aliphatic heterocycles. The van der Waals surface area contributed by atoms with Gasteiger partial charge in [0.05, 0.1) is 6.61 Å². The van der Waals surface area contributed by atoms with E-state index >= 15 is 0 Å². The Balaban J connectivity index is 2.26. The van der Waals surface area contributed by atoms with Gasteiger partial charge in [-0.25, -0.2) is 0 Å². The van der Waals surface area contributed by atoms with E-state index in [9.17, 15) is 0 Å². The highest BCUT2D eigenvalue weighted by atomic mass is 35.5. The van der Waals surface area contributed by atoms with Gasteiger partial charge >= 0.3 is 0 Å². The maximum atomic E-state index is 5.92. The van der Waals surface area contributed by atoms with Gasteiger partial charge in [-0.15, -0.1) is 11.6 Å². The summed E-state index contributed by atoms with van der Waals surface area (Å²) in [5.74, 6) is 2.81. The molecule has 2 aromatic rings. The minimum absolute atomic E-state index is 0.511. The van der Waals surface area contributed by atoms with Gasteiger partial charge in [0.15, 0.2) is 11.5 Å². The highest BCUT2D eigenvalue weighted by Gasteiger charge is 2.07. The van der Waals surface area contributed by atoms with E-state index in [1.807, 2.05) is 56.3 Å². The van der Waals surface area contributed by atoms with Crippen molar-refractivity contribution in [3.8, 4) is 17.2 Å². The van der Waals surface area contributed by atoms with Crippen LogP contribution in [0.5, 0.6) is 17.2 Å². The predicted octanol–water partition coefficient (Wildman–Crippen LogP) is 4.92. The van der Waals surface area contributed by atoms with E-state index in [-0.39, 0.29) is 0 Å². The van der Waals surface area contributed by atoms with E-state index in [0.29, 0.717) is 12.5 Å². The van der Waals surface area contributed by atoms with Gasteiger partial charge in [-0.3, -0.25) is 0 Å². The maximum absolute atomic E-state index is 5.92. The normalized spacial score (nSPS) is 10.3. The molecule has 0 N–H and O–H groups in total. The van der Waals surface area contributed by atoms with Crippen LogP contribution >= 0.6 is 11.6 Å². The van der Waals surface area contributed by atoms with Crippen molar-refractivity contribution < 1.29 is 9.47 Å². The van der Waals surface area contributed by atoms with Gasteiger partial charge in [-0.05, 0) is 43.2 Å². The second-order valence-corrected chi connectivity index (χ2v) is 4.48. The molecule has 0 saturated carbocycles. The summed E-state index contributed by atoms with van der Waals surface area (Å²) >= 11 is 5.82. The van der Waals surface area contributed by atoms with E-state index in [1.165, 1.54) is 0 Å². The molecule has 0 radical (unpaired) electrons. The molecule has 0 aliphatic rings. The summed E-state index contributed by atoms with van der Waals surface area (Å²) in [6.07, 6.45) is 0. The van der Waals surface area contributed by atoms with Gasteiger partial charge in [-0.2, -0.15) is 0 Å². The van der Waals surface area contributed by atoms with Crippen LogP contribution in [0.3, 0.4) is 0 Å². The van der Waals surface area contributed by atoms with E-state index in [0.717, 1.165) is 28.4 Å². The molecule has 2 rings (SSSR count). The molecule has 0 saturated heterocycles. The Kier molecular flexibility index (Phi) is 4.69. The molecular weight excluding hydrogens is 260 g/mol. The summed E-state index contributed by atoms with van der Waals surface area (Å²) in [6.45, 7) is 4.58. The van der Waals surface area contributed by atoms with E-state index in [2.05, 4.69) is 0 Å². The van der Waals surface area contributed by atoms with Crippen molar-refractivity contribution in [3.63, 3.8) is 0 Å². The van der Waals surface area contributed by atoms with Crippen LogP contribution in [-0.4, -0.2) is 6.61 Å². The van der Waals surface area contributed by atoms with Crippen LogP contribution in [0.2, 0.25) is 0 Å². The second-order valence-electron chi connectivity index (χ2n) is 4.22. The molecular formula is C16H17ClO2. The Morgan fingerprint density at radius 1 is 1.00 bits per heavy atom. The molecule has 0 aromatic heterocycles. The summed E-state index contributed by atoms with van der Waals surface area (Å²) < 4.78 is 11.5. The molecule has 0 spiro atoms. The zero-order valence-corrected chi connectivity index (χ0v) is 11.9. The van der Waals surface area contributed by atoms with Crippen LogP contribution in [0.25, 0.3) is 0 Å². The summed E-state index contributed by atoms with van der Waals surface area (Å²) in [7, 11) is 0. The number of alkyl halides is 1. The fourth-order valence-electron chi connectivity index (χ4n) is 1.84. The minimum atomic E-state index is 0.511. The average Bonchev–Trinajstić information content (AvgIpc) is 2.43. The first-order chi connectivity index (χ1) is 9.24. The predicted molar refractivity (Wildman–Crippen MR) is 78.4 cm³/mol. The van der Waals surface area contributed by atoms with Gasteiger partial charge in [0.25, 0.3) is 0 Å². The number of rotatable bonds is 5. The molecule has 19 heavy (non-hydrogen) atoms. The van der Waals surface area contributed by atoms with Crippen LogP contribution in [0.1, 0.15) is 18.1 Å². The third-order valence-electron chi connectivity index (χ3n) is 2.76. The van der Waals surface area contributed by atoms with Crippen LogP contribution in [0.4, 0.5) is 0 Å². The Hall–Kier alpha value is -1.67. The number of hydrogen-bond acceptors (Lipinski definition) is 2. The van der Waals surface area contributed by atoms with Gasteiger partial charge < -0.3 is 9.47 Å². The van der Waals surface area contributed by atoms with Crippen molar-refractivity contribution in [2.24, 2.45) is 0 Å².